The first kappa shape index (κ1) is 14.8. The molecule has 0 aromatic heterocycles. The van der Waals surface area contributed by atoms with Crippen molar-refractivity contribution in [3.05, 3.63) is 71.8 Å². The highest BCUT2D eigenvalue weighted by Gasteiger charge is 2.27. The van der Waals surface area contributed by atoms with Gasteiger partial charge in [-0.05, 0) is 11.1 Å². The Kier molecular flexibility index (Phi) is 4.94. The first-order valence-corrected chi connectivity index (χ1v) is 7.14. The van der Waals surface area contributed by atoms with Crippen LogP contribution in [-0.2, 0) is 0 Å². The largest absolute Gasteiger partial charge is 0.392 e. The van der Waals surface area contributed by atoms with E-state index in [-0.39, 0.29) is 17.9 Å². The molecule has 0 aliphatic carbocycles. The molecule has 0 heterocycles. The topological polar surface area (TPSA) is 46.2 Å². The van der Waals surface area contributed by atoms with Crippen LogP contribution in [0.2, 0.25) is 0 Å². The number of hydrogen-bond donors (Lipinski definition) is 2. The summed E-state index contributed by atoms with van der Waals surface area (Å²) in [6.45, 7) is 4.07. The average Bonchev–Trinajstić information content (AvgIpc) is 2.53. The molecule has 0 saturated heterocycles. The highest BCUT2D eigenvalue weighted by Crippen LogP contribution is 2.30. The summed E-state index contributed by atoms with van der Waals surface area (Å²) in [5.41, 5.74) is 8.51. The lowest BCUT2D eigenvalue weighted by Crippen LogP contribution is -2.32. The molecular weight excluding hydrogens is 246 g/mol. The molecule has 0 saturated carbocycles. The monoisotopic (exact) mass is 269 g/mol. The van der Waals surface area contributed by atoms with Gasteiger partial charge in [0.2, 0.25) is 0 Å². The first-order valence-electron chi connectivity index (χ1n) is 7.14. The molecule has 3 N–H and O–H groups in total. The van der Waals surface area contributed by atoms with Crippen LogP contribution in [0.25, 0.3) is 0 Å². The summed E-state index contributed by atoms with van der Waals surface area (Å²) < 4.78 is 0. The number of aliphatic hydroxyl groups excluding tert-OH is 1. The molecule has 0 fully saturated rings. The summed E-state index contributed by atoms with van der Waals surface area (Å²) in [4.78, 5) is 0. The molecule has 2 nitrogen and oxygen atoms in total. The summed E-state index contributed by atoms with van der Waals surface area (Å²) in [5, 5.41) is 10.6. The summed E-state index contributed by atoms with van der Waals surface area (Å²) >= 11 is 0. The summed E-state index contributed by atoms with van der Waals surface area (Å²) in [7, 11) is 0. The second kappa shape index (κ2) is 6.69. The molecule has 2 aromatic carbocycles. The second-order valence-electron chi connectivity index (χ2n) is 5.49. The van der Waals surface area contributed by atoms with E-state index >= 15 is 0 Å². The van der Waals surface area contributed by atoms with Crippen molar-refractivity contribution < 1.29 is 5.11 Å². The van der Waals surface area contributed by atoms with Gasteiger partial charge in [0, 0.05) is 17.9 Å². The fourth-order valence-corrected chi connectivity index (χ4v) is 2.60. The third-order valence-corrected chi connectivity index (χ3v) is 4.13. The van der Waals surface area contributed by atoms with Crippen molar-refractivity contribution >= 4 is 0 Å². The van der Waals surface area contributed by atoms with Crippen LogP contribution in [0.3, 0.4) is 0 Å². The van der Waals surface area contributed by atoms with Gasteiger partial charge in [0.25, 0.3) is 0 Å². The third kappa shape index (κ3) is 3.27. The molecule has 4 atom stereocenters. The standard InChI is InChI=1S/C18H23NO/c1-13(15-9-5-3-6-10-15)18(20)14(2)17(19)16-11-7-4-8-12-16/h3-14,17-18,20H,19H2,1-2H3/t13?,14-,17+,18-/m0/s1. The molecule has 2 rings (SSSR count). The molecule has 0 spiro atoms. The van der Waals surface area contributed by atoms with Crippen molar-refractivity contribution in [1.82, 2.24) is 0 Å². The van der Waals surface area contributed by atoms with Crippen molar-refractivity contribution in [3.8, 4) is 0 Å². The van der Waals surface area contributed by atoms with E-state index in [2.05, 4.69) is 12.1 Å². The SMILES string of the molecule is CC(c1ccccc1)[C@H](O)[C@@H](C)[C@@H](N)c1ccccc1. The minimum absolute atomic E-state index is 0.00685. The Morgan fingerprint density at radius 3 is 1.75 bits per heavy atom. The van der Waals surface area contributed by atoms with Crippen LogP contribution in [0.4, 0.5) is 0 Å². The van der Waals surface area contributed by atoms with Crippen LogP contribution in [0.5, 0.6) is 0 Å². The van der Waals surface area contributed by atoms with Crippen LogP contribution in [0, 0.1) is 5.92 Å². The number of hydrogen-bond acceptors (Lipinski definition) is 2. The molecule has 0 aliphatic heterocycles. The van der Waals surface area contributed by atoms with E-state index < -0.39 is 6.10 Å². The average molecular weight is 269 g/mol. The van der Waals surface area contributed by atoms with E-state index in [1.54, 1.807) is 0 Å². The van der Waals surface area contributed by atoms with Crippen LogP contribution < -0.4 is 5.73 Å². The predicted octanol–water partition coefficient (Wildman–Crippen LogP) is 3.49. The zero-order valence-corrected chi connectivity index (χ0v) is 12.1. The van der Waals surface area contributed by atoms with Gasteiger partial charge in [-0.1, -0.05) is 74.5 Å². The van der Waals surface area contributed by atoms with E-state index in [1.807, 2.05) is 62.4 Å². The van der Waals surface area contributed by atoms with Gasteiger partial charge >= 0.3 is 0 Å². The Morgan fingerprint density at radius 2 is 1.25 bits per heavy atom. The summed E-state index contributed by atoms with van der Waals surface area (Å²) in [6, 6.07) is 19.9. The van der Waals surface area contributed by atoms with Crippen molar-refractivity contribution in [2.45, 2.75) is 31.9 Å². The summed E-state index contributed by atoms with van der Waals surface area (Å²) in [5.74, 6) is 0.0635. The molecule has 0 radical (unpaired) electrons. The highest BCUT2D eigenvalue weighted by atomic mass is 16.3. The molecule has 0 bridgehead atoms. The highest BCUT2D eigenvalue weighted by molar-refractivity contribution is 5.22. The zero-order chi connectivity index (χ0) is 14.5. The Hall–Kier alpha value is -1.64. The van der Waals surface area contributed by atoms with E-state index in [0.29, 0.717) is 0 Å². The van der Waals surface area contributed by atoms with Crippen molar-refractivity contribution in [1.29, 1.82) is 0 Å². The maximum Gasteiger partial charge on any atom is 0.0649 e. The Morgan fingerprint density at radius 1 is 0.800 bits per heavy atom. The lowest BCUT2D eigenvalue weighted by Gasteiger charge is -2.29. The van der Waals surface area contributed by atoms with E-state index in [4.69, 9.17) is 5.73 Å². The fourth-order valence-electron chi connectivity index (χ4n) is 2.60. The van der Waals surface area contributed by atoms with Crippen molar-refractivity contribution in [2.24, 2.45) is 11.7 Å². The zero-order valence-electron chi connectivity index (χ0n) is 12.1. The molecule has 2 heteroatoms. The quantitative estimate of drug-likeness (QED) is 0.873. The molecular formula is C18H23NO. The predicted molar refractivity (Wildman–Crippen MR) is 83.4 cm³/mol. The maximum atomic E-state index is 10.6. The van der Waals surface area contributed by atoms with E-state index in [0.717, 1.165) is 11.1 Å². The minimum Gasteiger partial charge on any atom is -0.392 e. The number of nitrogens with two attached hydrogens (primary N) is 1. The minimum atomic E-state index is -0.465. The van der Waals surface area contributed by atoms with Gasteiger partial charge in [0.1, 0.15) is 0 Å². The van der Waals surface area contributed by atoms with Gasteiger partial charge in [-0.15, -0.1) is 0 Å². The first-order chi connectivity index (χ1) is 9.61. The van der Waals surface area contributed by atoms with Gasteiger partial charge < -0.3 is 10.8 Å². The Balaban J connectivity index is 2.10. The van der Waals surface area contributed by atoms with E-state index in [1.165, 1.54) is 0 Å². The van der Waals surface area contributed by atoms with E-state index in [9.17, 15) is 5.11 Å². The number of rotatable bonds is 5. The lowest BCUT2D eigenvalue weighted by molar-refractivity contribution is 0.0806. The molecule has 1 unspecified atom stereocenters. The smallest absolute Gasteiger partial charge is 0.0649 e. The molecule has 2 aromatic rings. The fraction of sp³-hybridized carbons (Fsp3) is 0.333. The van der Waals surface area contributed by atoms with Crippen LogP contribution in [0.1, 0.15) is 36.9 Å². The van der Waals surface area contributed by atoms with Crippen LogP contribution in [0.15, 0.2) is 60.7 Å². The maximum absolute atomic E-state index is 10.6. The molecule has 0 amide bonds. The normalized spacial score (nSPS) is 17.2. The third-order valence-electron chi connectivity index (χ3n) is 4.13. The van der Waals surface area contributed by atoms with Crippen molar-refractivity contribution in [2.75, 3.05) is 0 Å². The van der Waals surface area contributed by atoms with Gasteiger partial charge in [0.05, 0.1) is 6.10 Å². The second-order valence-corrected chi connectivity index (χ2v) is 5.49. The lowest BCUT2D eigenvalue weighted by atomic mass is 9.82. The Labute approximate surface area is 121 Å². The van der Waals surface area contributed by atoms with Gasteiger partial charge in [-0.3, -0.25) is 0 Å². The van der Waals surface area contributed by atoms with Crippen LogP contribution in [-0.4, -0.2) is 11.2 Å². The van der Waals surface area contributed by atoms with Gasteiger partial charge in [0.15, 0.2) is 0 Å². The molecule has 106 valence electrons. The molecule has 20 heavy (non-hydrogen) atoms. The number of aliphatic hydroxyl groups is 1. The molecule has 0 aliphatic rings. The van der Waals surface area contributed by atoms with Gasteiger partial charge in [-0.25, -0.2) is 0 Å². The summed E-state index contributed by atoms with van der Waals surface area (Å²) in [6.07, 6.45) is -0.465. The Bertz CT molecular complexity index is 462. The van der Waals surface area contributed by atoms with Gasteiger partial charge in [-0.2, -0.15) is 0 Å². The number of benzene rings is 2. The van der Waals surface area contributed by atoms with Crippen molar-refractivity contribution in [3.63, 3.8) is 0 Å². The van der Waals surface area contributed by atoms with Crippen LogP contribution >= 0.6 is 0 Å².